The molecular formula is C13H20N6O. The molecule has 0 aliphatic carbocycles. The van der Waals surface area contributed by atoms with Crippen LogP contribution in [0, 0.1) is 0 Å². The third-order valence-corrected chi connectivity index (χ3v) is 2.89. The number of hydrogen-bond donors (Lipinski definition) is 2. The molecule has 7 heteroatoms. The van der Waals surface area contributed by atoms with Crippen molar-refractivity contribution < 1.29 is 4.42 Å². The maximum Gasteiger partial charge on any atom is 0.191 e. The van der Waals surface area contributed by atoms with Crippen molar-refractivity contribution in [2.45, 2.75) is 26.4 Å². The minimum absolute atomic E-state index is 0.611. The van der Waals surface area contributed by atoms with Gasteiger partial charge in [-0.1, -0.05) is 6.92 Å². The molecule has 2 N–H and O–H groups in total. The van der Waals surface area contributed by atoms with E-state index in [4.69, 9.17) is 4.42 Å². The lowest BCUT2D eigenvalue weighted by molar-refractivity contribution is 0.501. The Balaban J connectivity index is 1.74. The average Bonchev–Trinajstić information content (AvgIpc) is 3.13. The van der Waals surface area contributed by atoms with Crippen molar-refractivity contribution in [2.24, 2.45) is 4.99 Å². The van der Waals surface area contributed by atoms with E-state index in [9.17, 15) is 0 Å². The molecule has 0 aliphatic rings. The molecule has 0 unspecified atom stereocenters. The van der Waals surface area contributed by atoms with E-state index in [2.05, 4.69) is 32.7 Å². The van der Waals surface area contributed by atoms with Crippen LogP contribution in [-0.2, 0) is 19.5 Å². The zero-order chi connectivity index (χ0) is 14.2. The third kappa shape index (κ3) is 3.84. The van der Waals surface area contributed by atoms with E-state index < -0.39 is 0 Å². The topological polar surface area (TPSA) is 80.3 Å². The standard InChI is InChI=1S/C13H20N6O/c1-3-12-18-17-10-19(12)7-6-15-13(14-2)16-9-11-5-4-8-20-11/h4-5,8,10H,3,6-7,9H2,1-2H3,(H2,14,15,16). The predicted octanol–water partition coefficient (Wildman–Crippen LogP) is 0.799. The van der Waals surface area contributed by atoms with Crippen LogP contribution in [0.1, 0.15) is 18.5 Å². The van der Waals surface area contributed by atoms with Crippen LogP contribution < -0.4 is 10.6 Å². The molecular weight excluding hydrogens is 256 g/mol. The molecule has 7 nitrogen and oxygen atoms in total. The Morgan fingerprint density at radius 2 is 2.35 bits per heavy atom. The molecule has 0 saturated carbocycles. The molecule has 2 rings (SSSR count). The fourth-order valence-electron chi connectivity index (χ4n) is 1.84. The van der Waals surface area contributed by atoms with Crippen molar-refractivity contribution >= 4 is 5.96 Å². The summed E-state index contributed by atoms with van der Waals surface area (Å²) in [5.74, 6) is 2.61. The SMILES string of the molecule is CCc1nncn1CCNC(=NC)NCc1ccco1. The molecule has 0 fully saturated rings. The van der Waals surface area contributed by atoms with Gasteiger partial charge in [0.15, 0.2) is 5.96 Å². The highest BCUT2D eigenvalue weighted by atomic mass is 16.3. The highest BCUT2D eigenvalue weighted by Gasteiger charge is 2.02. The number of aromatic nitrogens is 3. The summed E-state index contributed by atoms with van der Waals surface area (Å²) in [5, 5.41) is 14.4. The maximum atomic E-state index is 5.26. The van der Waals surface area contributed by atoms with Gasteiger partial charge < -0.3 is 19.6 Å². The van der Waals surface area contributed by atoms with E-state index in [-0.39, 0.29) is 0 Å². The van der Waals surface area contributed by atoms with Crippen molar-refractivity contribution in [3.8, 4) is 0 Å². The Morgan fingerprint density at radius 3 is 3.05 bits per heavy atom. The lowest BCUT2D eigenvalue weighted by atomic mass is 10.4. The summed E-state index contributed by atoms with van der Waals surface area (Å²) in [6.45, 7) is 4.23. The smallest absolute Gasteiger partial charge is 0.191 e. The molecule has 0 aliphatic heterocycles. The number of nitrogens with zero attached hydrogens (tertiary/aromatic N) is 4. The first kappa shape index (κ1) is 14.1. The van der Waals surface area contributed by atoms with E-state index in [1.54, 1.807) is 19.6 Å². The summed E-state index contributed by atoms with van der Waals surface area (Å²) in [6.07, 6.45) is 4.29. The zero-order valence-electron chi connectivity index (χ0n) is 11.8. The summed E-state index contributed by atoms with van der Waals surface area (Å²) < 4.78 is 7.29. The first-order valence-electron chi connectivity index (χ1n) is 6.67. The fraction of sp³-hybridized carbons (Fsp3) is 0.462. The molecule has 20 heavy (non-hydrogen) atoms. The first-order valence-corrected chi connectivity index (χ1v) is 6.67. The van der Waals surface area contributed by atoms with Crippen molar-refractivity contribution in [3.05, 3.63) is 36.3 Å². The van der Waals surface area contributed by atoms with Crippen molar-refractivity contribution in [3.63, 3.8) is 0 Å². The van der Waals surface area contributed by atoms with Crippen LogP contribution in [0.5, 0.6) is 0 Å². The highest BCUT2D eigenvalue weighted by molar-refractivity contribution is 5.79. The van der Waals surface area contributed by atoms with Gasteiger partial charge in [0.05, 0.1) is 12.8 Å². The number of aryl methyl sites for hydroxylation is 1. The van der Waals surface area contributed by atoms with Crippen LogP contribution >= 0.6 is 0 Å². The zero-order valence-corrected chi connectivity index (χ0v) is 11.8. The lowest BCUT2D eigenvalue weighted by Gasteiger charge is -2.11. The van der Waals surface area contributed by atoms with E-state index in [0.717, 1.165) is 37.1 Å². The van der Waals surface area contributed by atoms with Gasteiger partial charge in [-0.25, -0.2) is 0 Å². The van der Waals surface area contributed by atoms with Crippen LogP contribution in [-0.4, -0.2) is 34.3 Å². The van der Waals surface area contributed by atoms with Crippen LogP contribution in [0.3, 0.4) is 0 Å². The molecule has 0 bridgehead atoms. The third-order valence-electron chi connectivity index (χ3n) is 2.89. The summed E-state index contributed by atoms with van der Waals surface area (Å²) in [4.78, 5) is 4.16. The second-order valence-corrected chi connectivity index (χ2v) is 4.23. The second-order valence-electron chi connectivity index (χ2n) is 4.23. The van der Waals surface area contributed by atoms with E-state index >= 15 is 0 Å². The van der Waals surface area contributed by atoms with Crippen LogP contribution in [0.25, 0.3) is 0 Å². The van der Waals surface area contributed by atoms with Gasteiger partial charge in [-0.2, -0.15) is 0 Å². The summed E-state index contributed by atoms with van der Waals surface area (Å²) in [6, 6.07) is 3.79. The van der Waals surface area contributed by atoms with Crippen LogP contribution in [0.2, 0.25) is 0 Å². The summed E-state index contributed by atoms with van der Waals surface area (Å²) in [7, 11) is 1.74. The first-order chi connectivity index (χ1) is 9.83. The van der Waals surface area contributed by atoms with Gasteiger partial charge in [0, 0.05) is 26.6 Å². The minimum atomic E-state index is 0.611. The molecule has 0 saturated heterocycles. The van der Waals surface area contributed by atoms with Crippen LogP contribution in [0.15, 0.2) is 34.1 Å². The van der Waals surface area contributed by atoms with Crippen molar-refractivity contribution in [1.29, 1.82) is 0 Å². The quantitative estimate of drug-likeness (QED) is 0.602. The number of nitrogens with one attached hydrogen (secondary N) is 2. The lowest BCUT2D eigenvalue weighted by Crippen LogP contribution is -2.38. The molecule has 2 aromatic rings. The van der Waals surface area contributed by atoms with Gasteiger partial charge in [0.25, 0.3) is 0 Å². The van der Waals surface area contributed by atoms with Crippen LogP contribution in [0.4, 0.5) is 0 Å². The summed E-state index contributed by atoms with van der Waals surface area (Å²) >= 11 is 0. The van der Waals surface area contributed by atoms with Crippen molar-refractivity contribution in [2.75, 3.05) is 13.6 Å². The van der Waals surface area contributed by atoms with Gasteiger partial charge in [0.1, 0.15) is 17.9 Å². The average molecular weight is 276 g/mol. The van der Waals surface area contributed by atoms with E-state index in [1.165, 1.54) is 0 Å². The fourth-order valence-corrected chi connectivity index (χ4v) is 1.84. The normalized spacial score (nSPS) is 11.6. The number of furan rings is 1. The number of hydrogen-bond acceptors (Lipinski definition) is 4. The van der Waals surface area contributed by atoms with E-state index in [1.807, 2.05) is 16.7 Å². The Labute approximate surface area is 118 Å². The summed E-state index contributed by atoms with van der Waals surface area (Å²) in [5.41, 5.74) is 0. The predicted molar refractivity (Wildman–Crippen MR) is 76.3 cm³/mol. The van der Waals surface area contributed by atoms with E-state index in [0.29, 0.717) is 6.54 Å². The molecule has 2 heterocycles. The maximum absolute atomic E-state index is 5.26. The Hall–Kier alpha value is -2.31. The number of guanidine groups is 1. The monoisotopic (exact) mass is 276 g/mol. The number of rotatable bonds is 6. The van der Waals surface area contributed by atoms with Gasteiger partial charge >= 0.3 is 0 Å². The van der Waals surface area contributed by atoms with Crippen molar-refractivity contribution in [1.82, 2.24) is 25.4 Å². The van der Waals surface area contributed by atoms with Gasteiger partial charge in [-0.05, 0) is 12.1 Å². The number of aliphatic imine (C=N–C) groups is 1. The van der Waals surface area contributed by atoms with Gasteiger partial charge in [-0.3, -0.25) is 4.99 Å². The molecule has 108 valence electrons. The molecule has 2 aromatic heterocycles. The Bertz CT molecular complexity index is 531. The molecule has 0 radical (unpaired) electrons. The highest BCUT2D eigenvalue weighted by Crippen LogP contribution is 1.98. The van der Waals surface area contributed by atoms with Gasteiger partial charge in [0.2, 0.25) is 0 Å². The molecule has 0 atom stereocenters. The Morgan fingerprint density at radius 1 is 1.45 bits per heavy atom. The molecule has 0 aromatic carbocycles. The molecule has 0 spiro atoms. The Kier molecular flexibility index (Phi) is 5.16. The minimum Gasteiger partial charge on any atom is -0.467 e. The second kappa shape index (κ2) is 7.32. The largest absolute Gasteiger partial charge is 0.467 e. The van der Waals surface area contributed by atoms with Gasteiger partial charge in [-0.15, -0.1) is 10.2 Å². The molecule has 0 amide bonds.